The summed E-state index contributed by atoms with van der Waals surface area (Å²) in [6, 6.07) is 14.6. The third kappa shape index (κ3) is 4.83. The van der Waals surface area contributed by atoms with Crippen molar-refractivity contribution < 1.29 is 42.7 Å². The van der Waals surface area contributed by atoms with E-state index in [1.165, 1.54) is 6.92 Å². The summed E-state index contributed by atoms with van der Waals surface area (Å²) in [4.78, 5) is 12.5. The second-order valence-corrected chi connectivity index (χ2v) is 8.53. The zero-order valence-electron chi connectivity index (χ0n) is 22.5. The second-order valence-electron chi connectivity index (χ2n) is 8.53. The van der Waals surface area contributed by atoms with E-state index in [1.807, 2.05) is 30.3 Å². The van der Waals surface area contributed by atoms with Crippen molar-refractivity contribution in [2.75, 3.05) is 42.7 Å². The van der Waals surface area contributed by atoms with Gasteiger partial charge >= 0.3 is 5.97 Å². The van der Waals surface area contributed by atoms with Crippen LogP contribution in [-0.2, 0) is 9.53 Å². The number of esters is 1. The van der Waals surface area contributed by atoms with Crippen LogP contribution in [0.15, 0.2) is 48.5 Å². The fourth-order valence-electron chi connectivity index (χ4n) is 4.86. The Balaban J connectivity index is 2.05. The lowest BCUT2D eigenvalue weighted by molar-refractivity contribution is -0.153. The number of benzene rings is 3. The van der Waals surface area contributed by atoms with Crippen LogP contribution in [0.25, 0.3) is 0 Å². The van der Waals surface area contributed by atoms with Crippen LogP contribution in [0.5, 0.6) is 40.2 Å². The number of hydrogen-bond donors (Lipinski definition) is 0. The Morgan fingerprint density at radius 1 is 0.711 bits per heavy atom. The van der Waals surface area contributed by atoms with Gasteiger partial charge in [0.25, 0.3) is 0 Å². The third-order valence-electron chi connectivity index (χ3n) is 6.55. The lowest BCUT2D eigenvalue weighted by atomic mass is 9.79. The Hall–Kier alpha value is -4.27. The average Bonchev–Trinajstić information content (AvgIpc) is 2.95. The molecular formula is C29H32O9. The molecule has 1 aliphatic rings. The molecule has 9 heteroatoms. The van der Waals surface area contributed by atoms with Crippen molar-refractivity contribution in [2.24, 2.45) is 0 Å². The van der Waals surface area contributed by atoms with Crippen LogP contribution in [0.4, 0.5) is 0 Å². The van der Waals surface area contributed by atoms with E-state index in [4.69, 9.17) is 37.9 Å². The molecule has 0 N–H and O–H groups in total. The normalized spacial score (nSPS) is 17.9. The van der Waals surface area contributed by atoms with Gasteiger partial charge in [0.15, 0.2) is 23.7 Å². The minimum atomic E-state index is -0.803. The van der Waals surface area contributed by atoms with Gasteiger partial charge in [0.2, 0.25) is 5.75 Å². The minimum Gasteiger partial charge on any atom is -0.497 e. The summed E-state index contributed by atoms with van der Waals surface area (Å²) >= 11 is 0. The van der Waals surface area contributed by atoms with Crippen LogP contribution >= 0.6 is 0 Å². The summed E-state index contributed by atoms with van der Waals surface area (Å²) < 4.78 is 46.3. The number of carbonyl (C=O) groups is 1. The van der Waals surface area contributed by atoms with Crippen molar-refractivity contribution in [2.45, 2.75) is 25.0 Å². The molecule has 3 aromatic rings. The molecule has 38 heavy (non-hydrogen) atoms. The Morgan fingerprint density at radius 2 is 1.32 bits per heavy atom. The molecule has 0 saturated heterocycles. The maximum Gasteiger partial charge on any atom is 0.303 e. The van der Waals surface area contributed by atoms with Gasteiger partial charge in [0, 0.05) is 30.2 Å². The molecule has 1 heterocycles. The van der Waals surface area contributed by atoms with Gasteiger partial charge < -0.3 is 37.9 Å². The third-order valence-corrected chi connectivity index (χ3v) is 6.55. The molecule has 3 aromatic carbocycles. The lowest BCUT2D eigenvalue weighted by Crippen LogP contribution is -2.39. The SMILES string of the molecule is COc1ccc([C@H]2Oc3c(ccc(OC)c3OC)[C@H](c3c(OC)cc(OC)cc3OC)[C@H]2OC(C)=O)cc1. The van der Waals surface area contributed by atoms with Crippen LogP contribution in [-0.4, -0.2) is 54.7 Å². The standard InChI is InChI=1S/C29H32O9/c1-16(30)37-29-24(25-22(34-5)14-19(32-3)15-23(25)35-6)20-12-13-21(33-4)28(36-7)27(20)38-26(29)17-8-10-18(31-2)11-9-17/h8-15,24,26,29H,1-7H3/t24-,26-,29-/m1/s1. The fraction of sp³-hybridized carbons (Fsp3) is 0.345. The Kier molecular flexibility index (Phi) is 8.05. The van der Waals surface area contributed by atoms with E-state index in [-0.39, 0.29) is 0 Å². The Morgan fingerprint density at radius 3 is 1.82 bits per heavy atom. The van der Waals surface area contributed by atoms with Gasteiger partial charge in [0.1, 0.15) is 23.0 Å². The van der Waals surface area contributed by atoms with Crippen molar-refractivity contribution >= 4 is 5.97 Å². The zero-order chi connectivity index (χ0) is 27.4. The summed E-state index contributed by atoms with van der Waals surface area (Å²) in [6.45, 7) is 1.37. The van der Waals surface area contributed by atoms with Gasteiger partial charge in [-0.25, -0.2) is 0 Å². The summed E-state index contributed by atoms with van der Waals surface area (Å²) in [6.07, 6.45) is -1.53. The largest absolute Gasteiger partial charge is 0.497 e. The molecule has 9 nitrogen and oxygen atoms in total. The van der Waals surface area contributed by atoms with Crippen LogP contribution in [0.1, 0.15) is 35.6 Å². The average molecular weight is 525 g/mol. The first-order valence-corrected chi connectivity index (χ1v) is 11.9. The number of methoxy groups -OCH3 is 6. The fourth-order valence-corrected chi connectivity index (χ4v) is 4.86. The Labute approximate surface area is 222 Å². The van der Waals surface area contributed by atoms with Crippen molar-refractivity contribution in [3.63, 3.8) is 0 Å². The van der Waals surface area contributed by atoms with Gasteiger partial charge in [-0.3, -0.25) is 4.79 Å². The first kappa shape index (κ1) is 26.8. The van der Waals surface area contributed by atoms with E-state index in [9.17, 15) is 4.79 Å². The maximum absolute atomic E-state index is 12.5. The molecular weight excluding hydrogens is 492 g/mol. The Bertz CT molecular complexity index is 1260. The van der Waals surface area contributed by atoms with Crippen LogP contribution < -0.4 is 33.2 Å². The summed E-state index contributed by atoms with van der Waals surface area (Å²) in [5, 5.41) is 0. The molecule has 0 spiro atoms. The van der Waals surface area contributed by atoms with Gasteiger partial charge in [-0.2, -0.15) is 0 Å². The number of ether oxygens (including phenoxy) is 8. The lowest BCUT2D eigenvalue weighted by Gasteiger charge is -2.40. The molecule has 0 aromatic heterocycles. The van der Waals surface area contributed by atoms with Crippen LogP contribution in [0, 0.1) is 0 Å². The van der Waals surface area contributed by atoms with Crippen molar-refractivity contribution in [3.05, 3.63) is 65.2 Å². The predicted octanol–water partition coefficient (Wildman–Crippen LogP) is 4.94. The second kappa shape index (κ2) is 11.4. The topological polar surface area (TPSA) is 90.9 Å². The number of carbonyl (C=O) groups excluding carboxylic acids is 1. The molecule has 4 rings (SSSR count). The monoisotopic (exact) mass is 524 g/mol. The molecule has 0 fully saturated rings. The van der Waals surface area contributed by atoms with Crippen molar-refractivity contribution in [3.8, 4) is 40.2 Å². The summed E-state index contributed by atoms with van der Waals surface area (Å²) in [7, 11) is 9.40. The molecule has 0 bridgehead atoms. The van der Waals surface area contributed by atoms with Crippen molar-refractivity contribution in [1.82, 2.24) is 0 Å². The first-order valence-electron chi connectivity index (χ1n) is 11.9. The van der Waals surface area contributed by atoms with Gasteiger partial charge in [-0.05, 0) is 23.8 Å². The van der Waals surface area contributed by atoms with E-state index in [0.717, 1.165) is 5.56 Å². The molecule has 202 valence electrons. The van der Waals surface area contributed by atoms with Crippen LogP contribution in [0.2, 0.25) is 0 Å². The first-order chi connectivity index (χ1) is 18.4. The highest BCUT2D eigenvalue weighted by atomic mass is 16.6. The highest BCUT2D eigenvalue weighted by molar-refractivity contribution is 5.68. The molecule has 0 saturated carbocycles. The molecule has 0 amide bonds. The molecule has 0 aliphatic carbocycles. The van der Waals surface area contributed by atoms with Crippen LogP contribution in [0.3, 0.4) is 0 Å². The zero-order valence-corrected chi connectivity index (χ0v) is 22.5. The van der Waals surface area contributed by atoms with Crippen molar-refractivity contribution in [1.29, 1.82) is 0 Å². The highest BCUT2D eigenvalue weighted by Crippen LogP contribution is 2.56. The molecule has 0 radical (unpaired) electrons. The smallest absolute Gasteiger partial charge is 0.303 e. The maximum atomic E-state index is 12.5. The quantitative estimate of drug-likeness (QED) is 0.361. The molecule has 3 atom stereocenters. The molecule has 0 unspecified atom stereocenters. The van der Waals surface area contributed by atoms with Gasteiger partial charge in [-0.15, -0.1) is 0 Å². The molecule has 1 aliphatic heterocycles. The summed E-state index contributed by atoms with van der Waals surface area (Å²) in [5.41, 5.74) is 2.14. The number of rotatable bonds is 9. The van der Waals surface area contributed by atoms with E-state index in [2.05, 4.69) is 0 Å². The minimum absolute atomic E-state index is 0.418. The van der Waals surface area contributed by atoms with Gasteiger partial charge in [0.05, 0.1) is 48.6 Å². The number of hydrogen-bond acceptors (Lipinski definition) is 9. The van der Waals surface area contributed by atoms with E-state index in [1.54, 1.807) is 60.9 Å². The summed E-state index contributed by atoms with van der Waals surface area (Å²) in [5.74, 6) is 2.57. The van der Waals surface area contributed by atoms with E-state index < -0.39 is 24.1 Å². The highest BCUT2D eigenvalue weighted by Gasteiger charge is 2.46. The number of fused-ring (bicyclic) bond motifs is 1. The predicted molar refractivity (Wildman–Crippen MR) is 139 cm³/mol. The van der Waals surface area contributed by atoms with E-state index in [0.29, 0.717) is 51.4 Å². The van der Waals surface area contributed by atoms with E-state index >= 15 is 0 Å². The van der Waals surface area contributed by atoms with Gasteiger partial charge in [-0.1, -0.05) is 18.2 Å².